The SMILES string of the molecule is CCCOc1nc(N2CCOCC2)ncc1C(=O)N[C@H]1C2CC3CC1C[C@@](O)(C3)C2. The zero-order chi connectivity index (χ0) is 20.7. The van der Waals surface area contributed by atoms with Gasteiger partial charge >= 0.3 is 0 Å². The van der Waals surface area contributed by atoms with Crippen LogP contribution in [0.1, 0.15) is 55.8 Å². The first kappa shape index (κ1) is 20.0. The predicted molar refractivity (Wildman–Crippen MR) is 111 cm³/mol. The Balaban J connectivity index is 1.34. The molecule has 0 spiro atoms. The predicted octanol–water partition coefficient (Wildman–Crippen LogP) is 1.77. The van der Waals surface area contributed by atoms with Gasteiger partial charge in [-0.25, -0.2) is 4.98 Å². The topological polar surface area (TPSA) is 96.8 Å². The van der Waals surface area contributed by atoms with Crippen molar-refractivity contribution < 1.29 is 19.4 Å². The van der Waals surface area contributed by atoms with Crippen LogP contribution in [0, 0.1) is 17.8 Å². The maximum absolute atomic E-state index is 13.2. The van der Waals surface area contributed by atoms with Crippen LogP contribution in [-0.2, 0) is 4.74 Å². The Morgan fingerprint density at radius 1 is 1.30 bits per heavy atom. The van der Waals surface area contributed by atoms with Gasteiger partial charge in [-0.2, -0.15) is 4.98 Å². The van der Waals surface area contributed by atoms with Gasteiger partial charge in [0, 0.05) is 25.3 Å². The van der Waals surface area contributed by atoms with Gasteiger partial charge in [0.15, 0.2) is 0 Å². The maximum atomic E-state index is 13.2. The highest BCUT2D eigenvalue weighted by Crippen LogP contribution is 2.55. The molecule has 0 aromatic carbocycles. The molecule has 2 unspecified atom stereocenters. The van der Waals surface area contributed by atoms with Crippen molar-refractivity contribution in [3.63, 3.8) is 0 Å². The van der Waals surface area contributed by atoms with Gasteiger partial charge in [0.05, 0.1) is 25.4 Å². The van der Waals surface area contributed by atoms with E-state index in [1.807, 2.05) is 6.92 Å². The van der Waals surface area contributed by atoms with Crippen molar-refractivity contribution in [2.45, 2.75) is 57.1 Å². The number of morpholine rings is 1. The lowest BCUT2D eigenvalue weighted by Gasteiger charge is -2.58. The van der Waals surface area contributed by atoms with Gasteiger partial charge in [0.25, 0.3) is 5.91 Å². The van der Waals surface area contributed by atoms with Crippen molar-refractivity contribution in [3.05, 3.63) is 11.8 Å². The molecule has 4 bridgehead atoms. The van der Waals surface area contributed by atoms with E-state index in [-0.39, 0.29) is 11.9 Å². The standard InChI is InChI=1S/C22H32N4O4/c1-2-5-30-20-17(13-23-21(25-20)26-3-6-29-7-4-26)19(27)24-18-15-8-14-9-16(18)12-22(28,10-14)11-15/h13-16,18,28H,2-12H2,1H3,(H,24,27)/t14?,15?,16?,18-,22+. The molecule has 1 aromatic rings. The van der Waals surface area contributed by atoms with Gasteiger partial charge in [-0.3, -0.25) is 4.79 Å². The monoisotopic (exact) mass is 416 g/mol. The summed E-state index contributed by atoms with van der Waals surface area (Å²) in [6, 6.07) is 0.118. The van der Waals surface area contributed by atoms with Crippen LogP contribution in [-0.4, -0.2) is 65.5 Å². The molecule has 5 fully saturated rings. The molecule has 6 rings (SSSR count). The molecule has 1 saturated heterocycles. The molecular weight excluding hydrogens is 384 g/mol. The number of anilines is 1. The molecule has 2 N–H and O–H groups in total. The van der Waals surface area contributed by atoms with Crippen molar-refractivity contribution >= 4 is 11.9 Å². The fraction of sp³-hybridized carbons (Fsp3) is 0.773. The van der Waals surface area contributed by atoms with Gasteiger partial charge in [-0.15, -0.1) is 0 Å². The van der Waals surface area contributed by atoms with Crippen LogP contribution in [0.15, 0.2) is 6.20 Å². The number of hydrogen-bond donors (Lipinski definition) is 2. The molecule has 4 saturated carbocycles. The number of rotatable bonds is 6. The third-order valence-corrected chi connectivity index (χ3v) is 7.26. The number of aliphatic hydroxyl groups is 1. The first-order valence-corrected chi connectivity index (χ1v) is 11.4. The summed E-state index contributed by atoms with van der Waals surface area (Å²) in [5, 5.41) is 14.1. The molecule has 2 atom stereocenters. The zero-order valence-corrected chi connectivity index (χ0v) is 17.7. The van der Waals surface area contributed by atoms with E-state index in [0.29, 0.717) is 55.0 Å². The Morgan fingerprint density at radius 2 is 2.03 bits per heavy atom. The van der Waals surface area contributed by atoms with E-state index in [1.54, 1.807) is 6.20 Å². The fourth-order valence-corrected chi connectivity index (χ4v) is 6.18. The van der Waals surface area contributed by atoms with Gasteiger partial charge in [-0.05, 0) is 56.3 Å². The molecule has 1 aromatic heterocycles. The lowest BCUT2D eigenvalue weighted by Crippen LogP contribution is -2.61. The summed E-state index contributed by atoms with van der Waals surface area (Å²) in [5.74, 6) is 2.10. The van der Waals surface area contributed by atoms with E-state index in [9.17, 15) is 9.90 Å². The second kappa shape index (κ2) is 7.96. The first-order chi connectivity index (χ1) is 14.5. The molecule has 1 amide bonds. The minimum Gasteiger partial charge on any atom is -0.477 e. The Labute approximate surface area is 177 Å². The van der Waals surface area contributed by atoms with Gasteiger partial charge in [-0.1, -0.05) is 6.92 Å². The maximum Gasteiger partial charge on any atom is 0.258 e. The first-order valence-electron chi connectivity index (χ1n) is 11.4. The zero-order valence-electron chi connectivity index (χ0n) is 17.7. The second-order valence-electron chi connectivity index (χ2n) is 9.53. The average Bonchev–Trinajstić information content (AvgIpc) is 2.74. The number of carbonyl (C=O) groups excluding carboxylic acids is 1. The Hall–Kier alpha value is -1.93. The number of amides is 1. The van der Waals surface area contributed by atoms with Crippen molar-refractivity contribution in [3.8, 4) is 5.88 Å². The lowest BCUT2D eigenvalue weighted by atomic mass is 9.52. The Kier molecular flexibility index (Phi) is 5.31. The summed E-state index contributed by atoms with van der Waals surface area (Å²) < 4.78 is 11.3. The van der Waals surface area contributed by atoms with E-state index in [1.165, 1.54) is 0 Å². The number of carbonyl (C=O) groups is 1. The summed E-state index contributed by atoms with van der Waals surface area (Å²) in [6.45, 7) is 5.29. The van der Waals surface area contributed by atoms with Crippen LogP contribution in [0.3, 0.4) is 0 Å². The van der Waals surface area contributed by atoms with Crippen molar-refractivity contribution in [2.75, 3.05) is 37.8 Å². The molecule has 0 radical (unpaired) electrons. The van der Waals surface area contributed by atoms with E-state index < -0.39 is 5.60 Å². The van der Waals surface area contributed by atoms with Crippen LogP contribution in [0.2, 0.25) is 0 Å². The normalized spacial score (nSPS) is 34.8. The summed E-state index contributed by atoms with van der Waals surface area (Å²) in [6.07, 6.45) is 7.19. The molecule has 2 heterocycles. The molecule has 8 nitrogen and oxygen atoms in total. The number of aromatic nitrogens is 2. The van der Waals surface area contributed by atoms with E-state index in [2.05, 4.69) is 20.2 Å². The molecule has 30 heavy (non-hydrogen) atoms. The summed E-state index contributed by atoms with van der Waals surface area (Å²) >= 11 is 0. The average molecular weight is 417 g/mol. The molecule has 4 aliphatic carbocycles. The summed E-state index contributed by atoms with van der Waals surface area (Å²) in [4.78, 5) is 24.3. The molecule has 8 heteroatoms. The molecule has 1 aliphatic heterocycles. The van der Waals surface area contributed by atoms with Crippen LogP contribution in [0.5, 0.6) is 5.88 Å². The quantitative estimate of drug-likeness (QED) is 0.729. The highest BCUT2D eigenvalue weighted by molar-refractivity contribution is 5.96. The third-order valence-electron chi connectivity index (χ3n) is 7.26. The Morgan fingerprint density at radius 3 is 2.70 bits per heavy atom. The Bertz CT molecular complexity index is 781. The minimum atomic E-state index is -0.504. The molecule has 5 aliphatic rings. The van der Waals surface area contributed by atoms with Crippen molar-refractivity contribution in [2.24, 2.45) is 17.8 Å². The number of hydrogen-bond acceptors (Lipinski definition) is 7. The van der Waals surface area contributed by atoms with E-state index in [0.717, 1.165) is 51.6 Å². The van der Waals surface area contributed by atoms with Crippen LogP contribution in [0.4, 0.5) is 5.95 Å². The lowest BCUT2D eigenvalue weighted by molar-refractivity contribution is -0.136. The second-order valence-corrected chi connectivity index (χ2v) is 9.53. The summed E-state index contributed by atoms with van der Waals surface area (Å²) in [5.41, 5.74) is -0.108. The van der Waals surface area contributed by atoms with Crippen molar-refractivity contribution in [1.29, 1.82) is 0 Å². The van der Waals surface area contributed by atoms with Gasteiger partial charge in [0.2, 0.25) is 11.8 Å². The third kappa shape index (κ3) is 3.75. The molecule has 164 valence electrons. The van der Waals surface area contributed by atoms with Crippen LogP contribution >= 0.6 is 0 Å². The van der Waals surface area contributed by atoms with Crippen LogP contribution in [0.25, 0.3) is 0 Å². The van der Waals surface area contributed by atoms with Crippen LogP contribution < -0.4 is 15.0 Å². The van der Waals surface area contributed by atoms with Gasteiger partial charge in [0.1, 0.15) is 5.56 Å². The highest BCUT2D eigenvalue weighted by Gasteiger charge is 2.55. The largest absolute Gasteiger partial charge is 0.477 e. The summed E-state index contributed by atoms with van der Waals surface area (Å²) in [7, 11) is 0. The number of ether oxygens (including phenoxy) is 2. The van der Waals surface area contributed by atoms with E-state index in [4.69, 9.17) is 9.47 Å². The van der Waals surface area contributed by atoms with E-state index >= 15 is 0 Å². The molecular formula is C22H32N4O4. The highest BCUT2D eigenvalue weighted by atomic mass is 16.5. The smallest absolute Gasteiger partial charge is 0.258 e. The van der Waals surface area contributed by atoms with Crippen molar-refractivity contribution in [1.82, 2.24) is 15.3 Å². The minimum absolute atomic E-state index is 0.118. The fourth-order valence-electron chi connectivity index (χ4n) is 6.18. The number of nitrogens with zero attached hydrogens (tertiary/aromatic N) is 3. The number of nitrogens with one attached hydrogen (secondary N) is 1. The van der Waals surface area contributed by atoms with Gasteiger partial charge < -0.3 is 24.8 Å².